The molecule has 0 spiro atoms. The fraction of sp³-hybridized carbons (Fsp3) is 0.250. The first-order chi connectivity index (χ1) is 10.3. The number of rotatable bonds is 5. The van der Waals surface area contributed by atoms with E-state index in [0.717, 1.165) is 28.0 Å². The molecule has 0 saturated heterocycles. The molecule has 3 aromatic rings. The van der Waals surface area contributed by atoms with Crippen molar-refractivity contribution in [1.82, 2.24) is 9.55 Å². The maximum Gasteiger partial charge on any atom is 0.271 e. The van der Waals surface area contributed by atoms with Crippen molar-refractivity contribution in [3.8, 4) is 5.75 Å². The van der Waals surface area contributed by atoms with Gasteiger partial charge in [-0.1, -0.05) is 18.2 Å². The summed E-state index contributed by atoms with van der Waals surface area (Å²) in [6.07, 6.45) is 2.40. The van der Waals surface area contributed by atoms with Gasteiger partial charge in [-0.05, 0) is 36.4 Å². The number of fused-ring (bicyclic) bond motifs is 1. The van der Waals surface area contributed by atoms with Gasteiger partial charge in [0.05, 0.1) is 18.5 Å². The Morgan fingerprint density at radius 1 is 1.29 bits per heavy atom. The molecule has 0 radical (unpaired) electrons. The molecule has 4 nitrogen and oxygen atoms in total. The third-order valence-corrected chi connectivity index (χ3v) is 4.35. The zero-order valence-corrected chi connectivity index (χ0v) is 12.6. The van der Waals surface area contributed by atoms with Gasteiger partial charge in [0.25, 0.3) is 5.56 Å². The van der Waals surface area contributed by atoms with Crippen LogP contribution in [0.2, 0.25) is 0 Å². The molecule has 1 aromatic carbocycles. The van der Waals surface area contributed by atoms with E-state index < -0.39 is 0 Å². The second kappa shape index (κ2) is 6.10. The van der Waals surface area contributed by atoms with Crippen LogP contribution in [0.4, 0.5) is 0 Å². The Labute approximate surface area is 126 Å². The SMILES string of the molecule is Cc1csc2c(=O)n(CCCOc3ccccc3)cnc12. The monoisotopic (exact) mass is 300 g/mol. The largest absolute Gasteiger partial charge is 0.494 e. The molecule has 0 aliphatic heterocycles. The summed E-state index contributed by atoms with van der Waals surface area (Å²) in [4.78, 5) is 16.7. The minimum Gasteiger partial charge on any atom is -0.494 e. The molecule has 0 aliphatic carbocycles. The standard InChI is InChI=1S/C16H16N2O2S/c1-12-10-21-15-14(12)17-11-18(16(15)19)8-5-9-20-13-6-3-2-4-7-13/h2-4,6-7,10-11H,5,8-9H2,1H3. The lowest BCUT2D eigenvalue weighted by atomic mass is 10.3. The zero-order chi connectivity index (χ0) is 14.7. The molecular formula is C16H16N2O2S. The van der Waals surface area contributed by atoms with E-state index in [1.54, 1.807) is 10.9 Å². The molecule has 0 saturated carbocycles. The molecule has 0 unspecified atom stereocenters. The van der Waals surface area contributed by atoms with Crippen LogP contribution in [0.1, 0.15) is 12.0 Å². The highest BCUT2D eigenvalue weighted by Gasteiger charge is 2.07. The molecule has 5 heteroatoms. The predicted molar refractivity (Wildman–Crippen MR) is 85.2 cm³/mol. The van der Waals surface area contributed by atoms with Gasteiger partial charge in [-0.2, -0.15) is 0 Å². The summed E-state index contributed by atoms with van der Waals surface area (Å²) in [7, 11) is 0. The first-order valence-electron chi connectivity index (χ1n) is 6.87. The van der Waals surface area contributed by atoms with E-state index in [-0.39, 0.29) is 5.56 Å². The van der Waals surface area contributed by atoms with Gasteiger partial charge in [0, 0.05) is 6.54 Å². The molecular weight excluding hydrogens is 284 g/mol. The third kappa shape index (κ3) is 2.97. The molecule has 108 valence electrons. The van der Waals surface area contributed by atoms with Gasteiger partial charge in [-0.3, -0.25) is 9.36 Å². The van der Waals surface area contributed by atoms with Gasteiger partial charge in [0.15, 0.2) is 0 Å². The Bertz CT molecular complexity index is 793. The first kappa shape index (κ1) is 13.8. The van der Waals surface area contributed by atoms with Crippen LogP contribution in [0.5, 0.6) is 5.75 Å². The van der Waals surface area contributed by atoms with Crippen LogP contribution in [0.3, 0.4) is 0 Å². The van der Waals surface area contributed by atoms with Gasteiger partial charge in [0.1, 0.15) is 10.4 Å². The van der Waals surface area contributed by atoms with Gasteiger partial charge >= 0.3 is 0 Å². The number of thiophene rings is 1. The molecule has 2 heterocycles. The van der Waals surface area contributed by atoms with Crippen molar-refractivity contribution >= 4 is 21.6 Å². The van der Waals surface area contributed by atoms with Gasteiger partial charge in [-0.25, -0.2) is 4.98 Å². The minimum atomic E-state index is 0.0396. The number of nitrogens with zero attached hydrogens (tertiary/aromatic N) is 2. The number of aryl methyl sites for hydroxylation is 2. The highest BCUT2D eigenvalue weighted by atomic mass is 32.1. The highest BCUT2D eigenvalue weighted by molar-refractivity contribution is 7.17. The van der Waals surface area contributed by atoms with Gasteiger partial charge in [0.2, 0.25) is 0 Å². The van der Waals surface area contributed by atoms with E-state index in [9.17, 15) is 4.79 Å². The van der Waals surface area contributed by atoms with Crippen molar-refractivity contribution in [3.63, 3.8) is 0 Å². The van der Waals surface area contributed by atoms with Crippen LogP contribution in [-0.4, -0.2) is 16.2 Å². The molecule has 0 amide bonds. The zero-order valence-electron chi connectivity index (χ0n) is 11.8. The van der Waals surface area contributed by atoms with Crippen molar-refractivity contribution in [3.05, 3.63) is 58.0 Å². The molecule has 2 aromatic heterocycles. The van der Waals surface area contributed by atoms with Crippen LogP contribution in [-0.2, 0) is 6.54 Å². The molecule has 3 rings (SSSR count). The van der Waals surface area contributed by atoms with E-state index in [4.69, 9.17) is 4.74 Å². The van der Waals surface area contributed by atoms with Crippen molar-refractivity contribution in [2.75, 3.05) is 6.61 Å². The molecule has 0 fully saturated rings. The van der Waals surface area contributed by atoms with Gasteiger partial charge in [-0.15, -0.1) is 11.3 Å². The molecule has 0 aliphatic rings. The minimum absolute atomic E-state index is 0.0396. The third-order valence-electron chi connectivity index (χ3n) is 3.28. The average molecular weight is 300 g/mol. The van der Waals surface area contributed by atoms with E-state index in [1.165, 1.54) is 11.3 Å². The second-order valence-electron chi connectivity index (χ2n) is 4.85. The lowest BCUT2D eigenvalue weighted by molar-refractivity contribution is 0.301. The average Bonchev–Trinajstić information content (AvgIpc) is 2.89. The highest BCUT2D eigenvalue weighted by Crippen LogP contribution is 2.19. The molecule has 0 N–H and O–H groups in total. The van der Waals surface area contributed by atoms with E-state index in [0.29, 0.717) is 13.2 Å². The number of para-hydroxylation sites is 1. The van der Waals surface area contributed by atoms with Crippen LogP contribution < -0.4 is 10.3 Å². The number of aromatic nitrogens is 2. The Kier molecular flexibility index (Phi) is 4.01. The maximum atomic E-state index is 12.3. The fourth-order valence-electron chi connectivity index (χ4n) is 2.16. The lowest BCUT2D eigenvalue weighted by Gasteiger charge is -2.07. The van der Waals surface area contributed by atoms with Crippen molar-refractivity contribution < 1.29 is 4.74 Å². The summed E-state index contributed by atoms with van der Waals surface area (Å²) in [5.41, 5.74) is 1.92. The van der Waals surface area contributed by atoms with Crippen molar-refractivity contribution in [1.29, 1.82) is 0 Å². The van der Waals surface area contributed by atoms with E-state index in [1.807, 2.05) is 42.6 Å². The van der Waals surface area contributed by atoms with E-state index >= 15 is 0 Å². The van der Waals surface area contributed by atoms with Crippen LogP contribution >= 0.6 is 11.3 Å². The van der Waals surface area contributed by atoms with E-state index in [2.05, 4.69) is 4.98 Å². The Morgan fingerprint density at radius 2 is 2.10 bits per heavy atom. The first-order valence-corrected chi connectivity index (χ1v) is 7.75. The summed E-state index contributed by atoms with van der Waals surface area (Å²) in [5, 5.41) is 1.97. The summed E-state index contributed by atoms with van der Waals surface area (Å²) in [6, 6.07) is 9.69. The number of hydrogen-bond acceptors (Lipinski definition) is 4. The topological polar surface area (TPSA) is 44.1 Å². The molecule has 21 heavy (non-hydrogen) atoms. The fourth-order valence-corrected chi connectivity index (χ4v) is 3.11. The van der Waals surface area contributed by atoms with Crippen LogP contribution in [0.25, 0.3) is 10.2 Å². The van der Waals surface area contributed by atoms with Gasteiger partial charge < -0.3 is 4.74 Å². The summed E-state index contributed by atoms with van der Waals surface area (Å²) in [6.45, 7) is 3.17. The molecule has 0 atom stereocenters. The lowest BCUT2D eigenvalue weighted by Crippen LogP contribution is -2.20. The number of hydrogen-bond donors (Lipinski definition) is 0. The number of benzene rings is 1. The Hall–Kier alpha value is -2.14. The van der Waals surface area contributed by atoms with Crippen molar-refractivity contribution in [2.45, 2.75) is 19.9 Å². The van der Waals surface area contributed by atoms with Crippen LogP contribution in [0.15, 0.2) is 46.8 Å². The Balaban J connectivity index is 1.63. The molecule has 0 bridgehead atoms. The second-order valence-corrected chi connectivity index (χ2v) is 5.73. The quantitative estimate of drug-likeness (QED) is 0.679. The predicted octanol–water partition coefficient (Wildman–Crippen LogP) is 3.24. The maximum absolute atomic E-state index is 12.3. The summed E-state index contributed by atoms with van der Waals surface area (Å²) < 4.78 is 8.02. The normalized spacial score (nSPS) is 10.9. The van der Waals surface area contributed by atoms with Crippen LogP contribution in [0, 0.1) is 6.92 Å². The summed E-state index contributed by atoms with van der Waals surface area (Å²) >= 11 is 1.46. The Morgan fingerprint density at radius 3 is 2.90 bits per heavy atom. The van der Waals surface area contributed by atoms with Crippen molar-refractivity contribution in [2.24, 2.45) is 0 Å². The smallest absolute Gasteiger partial charge is 0.271 e. The summed E-state index contributed by atoms with van der Waals surface area (Å²) in [5.74, 6) is 0.854. The number of ether oxygens (including phenoxy) is 1.